The van der Waals surface area contributed by atoms with E-state index in [9.17, 15) is 0 Å². The van der Waals surface area contributed by atoms with Crippen LogP contribution in [0.15, 0.2) is 41.7 Å². The topological polar surface area (TPSA) is 54.2 Å². The van der Waals surface area contributed by atoms with Gasteiger partial charge in [0.15, 0.2) is 5.96 Å². The number of aliphatic imine (C=N–C) groups is 1. The van der Waals surface area contributed by atoms with E-state index in [0.717, 1.165) is 42.9 Å². The smallest absolute Gasteiger partial charge is 0.191 e. The van der Waals surface area contributed by atoms with Crippen LogP contribution < -0.4 is 10.6 Å². The van der Waals surface area contributed by atoms with E-state index in [2.05, 4.69) is 52.0 Å². The Kier molecular flexibility index (Phi) is 10.7. The quantitative estimate of drug-likeness (QED) is 0.333. The lowest BCUT2D eigenvalue weighted by Crippen LogP contribution is -2.38. The van der Waals surface area contributed by atoms with E-state index >= 15 is 0 Å². The summed E-state index contributed by atoms with van der Waals surface area (Å²) in [6.07, 6.45) is 4.75. The van der Waals surface area contributed by atoms with Crippen LogP contribution in [0.4, 0.5) is 0 Å². The predicted molar refractivity (Wildman–Crippen MR) is 120 cm³/mol. The molecule has 0 radical (unpaired) electrons. The summed E-state index contributed by atoms with van der Waals surface area (Å²) in [6, 6.07) is 7.95. The summed E-state index contributed by atoms with van der Waals surface area (Å²) in [6.45, 7) is 9.61. The average molecular weight is 490 g/mol. The second-order valence-electron chi connectivity index (χ2n) is 6.39. The fourth-order valence-corrected chi connectivity index (χ4v) is 2.77. The van der Waals surface area contributed by atoms with Crippen LogP contribution in [0.5, 0.6) is 0 Å². The van der Waals surface area contributed by atoms with Crippen LogP contribution in [0.2, 0.25) is 5.02 Å². The molecule has 2 aromatic rings. The van der Waals surface area contributed by atoms with Crippen molar-refractivity contribution in [2.75, 3.05) is 13.1 Å². The molecule has 0 saturated heterocycles. The zero-order chi connectivity index (χ0) is 18.1. The molecule has 5 nitrogen and oxygen atoms in total. The zero-order valence-corrected chi connectivity index (χ0v) is 18.8. The van der Waals surface area contributed by atoms with Gasteiger partial charge in [0.25, 0.3) is 0 Å². The highest BCUT2D eigenvalue weighted by atomic mass is 127. The van der Waals surface area contributed by atoms with Crippen LogP contribution >= 0.6 is 35.6 Å². The minimum Gasteiger partial charge on any atom is -0.357 e. The lowest BCUT2D eigenvalue weighted by atomic mass is 10.1. The van der Waals surface area contributed by atoms with E-state index in [-0.39, 0.29) is 24.0 Å². The Hall–Kier alpha value is -1.28. The maximum Gasteiger partial charge on any atom is 0.191 e. The maximum absolute atomic E-state index is 6.03. The zero-order valence-electron chi connectivity index (χ0n) is 15.7. The fraction of sp³-hybridized carbons (Fsp3) is 0.474. The highest BCUT2D eigenvalue weighted by Crippen LogP contribution is 2.10. The molecule has 0 unspecified atom stereocenters. The van der Waals surface area contributed by atoms with Crippen molar-refractivity contribution in [3.8, 4) is 0 Å². The molecule has 1 aromatic carbocycles. The first-order chi connectivity index (χ1) is 12.1. The highest BCUT2D eigenvalue weighted by molar-refractivity contribution is 14.0. The molecular formula is C19H29ClIN5. The van der Waals surface area contributed by atoms with E-state index in [1.807, 2.05) is 30.6 Å². The van der Waals surface area contributed by atoms with E-state index in [1.54, 1.807) is 0 Å². The number of nitrogens with zero attached hydrogens (tertiary/aromatic N) is 3. The normalized spacial score (nSPS) is 11.3. The molecule has 7 heteroatoms. The molecule has 2 rings (SSSR count). The molecule has 1 heterocycles. The molecule has 0 spiro atoms. The first kappa shape index (κ1) is 22.8. The Labute approximate surface area is 178 Å². The molecule has 2 N–H and O–H groups in total. The Balaban J connectivity index is 0.00000338. The summed E-state index contributed by atoms with van der Waals surface area (Å²) in [5.41, 5.74) is 1.21. The number of benzene rings is 1. The SMILES string of the molecule is CCNC(=NCc1nccn1CC(C)C)NCCc1cccc(Cl)c1.I. The van der Waals surface area contributed by atoms with Crippen molar-refractivity contribution >= 4 is 41.5 Å². The molecule has 0 atom stereocenters. The summed E-state index contributed by atoms with van der Waals surface area (Å²) >= 11 is 6.03. The van der Waals surface area contributed by atoms with Gasteiger partial charge in [0, 0.05) is 37.1 Å². The van der Waals surface area contributed by atoms with Crippen LogP contribution in [0.25, 0.3) is 0 Å². The molecule has 0 saturated carbocycles. The van der Waals surface area contributed by atoms with Gasteiger partial charge in [-0.2, -0.15) is 0 Å². The highest BCUT2D eigenvalue weighted by Gasteiger charge is 2.05. The van der Waals surface area contributed by atoms with Crippen molar-refractivity contribution in [3.05, 3.63) is 53.1 Å². The summed E-state index contributed by atoms with van der Waals surface area (Å²) in [7, 11) is 0. The van der Waals surface area contributed by atoms with Gasteiger partial charge in [0.1, 0.15) is 12.4 Å². The number of aromatic nitrogens is 2. The molecular weight excluding hydrogens is 461 g/mol. The minimum atomic E-state index is 0. The minimum absolute atomic E-state index is 0. The molecule has 0 fully saturated rings. The van der Waals surface area contributed by atoms with Gasteiger partial charge in [-0.25, -0.2) is 9.98 Å². The van der Waals surface area contributed by atoms with Crippen LogP contribution in [0, 0.1) is 5.92 Å². The van der Waals surface area contributed by atoms with Gasteiger partial charge in [0.05, 0.1) is 0 Å². The van der Waals surface area contributed by atoms with E-state index < -0.39 is 0 Å². The number of nitrogens with one attached hydrogen (secondary N) is 2. The van der Waals surface area contributed by atoms with Crippen molar-refractivity contribution < 1.29 is 0 Å². The average Bonchev–Trinajstić information content (AvgIpc) is 2.99. The van der Waals surface area contributed by atoms with Crippen LogP contribution in [0.1, 0.15) is 32.2 Å². The van der Waals surface area contributed by atoms with Gasteiger partial charge in [-0.15, -0.1) is 24.0 Å². The second kappa shape index (κ2) is 12.2. The third-order valence-electron chi connectivity index (χ3n) is 3.68. The number of halogens is 2. The third kappa shape index (κ3) is 7.95. The molecule has 0 bridgehead atoms. The van der Waals surface area contributed by atoms with Crippen molar-refractivity contribution in [2.24, 2.45) is 10.9 Å². The molecule has 144 valence electrons. The number of imidazole rings is 1. The molecule has 1 aromatic heterocycles. The van der Waals surface area contributed by atoms with Crippen LogP contribution in [-0.4, -0.2) is 28.6 Å². The Morgan fingerprint density at radius 2 is 2.12 bits per heavy atom. The molecule has 26 heavy (non-hydrogen) atoms. The Morgan fingerprint density at radius 1 is 1.31 bits per heavy atom. The third-order valence-corrected chi connectivity index (χ3v) is 3.92. The Morgan fingerprint density at radius 3 is 2.81 bits per heavy atom. The number of guanidine groups is 1. The lowest BCUT2D eigenvalue weighted by molar-refractivity contribution is 0.507. The summed E-state index contributed by atoms with van der Waals surface area (Å²) in [5, 5.41) is 7.42. The van der Waals surface area contributed by atoms with Gasteiger partial charge < -0.3 is 15.2 Å². The fourth-order valence-electron chi connectivity index (χ4n) is 2.56. The van der Waals surface area contributed by atoms with Crippen molar-refractivity contribution in [2.45, 2.75) is 40.3 Å². The van der Waals surface area contributed by atoms with Crippen molar-refractivity contribution in [1.29, 1.82) is 0 Å². The Bertz CT molecular complexity index is 684. The summed E-state index contributed by atoms with van der Waals surface area (Å²) in [5.74, 6) is 2.38. The van der Waals surface area contributed by atoms with Crippen LogP contribution in [-0.2, 0) is 19.5 Å². The van der Waals surface area contributed by atoms with Gasteiger partial charge in [-0.3, -0.25) is 0 Å². The monoisotopic (exact) mass is 489 g/mol. The molecule has 0 aliphatic rings. The number of rotatable bonds is 8. The predicted octanol–water partition coefficient (Wildman–Crippen LogP) is 4.11. The van der Waals surface area contributed by atoms with Crippen molar-refractivity contribution in [3.63, 3.8) is 0 Å². The lowest BCUT2D eigenvalue weighted by Gasteiger charge is -2.12. The first-order valence-electron chi connectivity index (χ1n) is 8.85. The number of hydrogen-bond donors (Lipinski definition) is 2. The summed E-state index contributed by atoms with van der Waals surface area (Å²) in [4.78, 5) is 9.08. The maximum atomic E-state index is 6.03. The second-order valence-corrected chi connectivity index (χ2v) is 6.83. The van der Waals surface area contributed by atoms with Crippen molar-refractivity contribution in [1.82, 2.24) is 20.2 Å². The van der Waals surface area contributed by atoms with E-state index in [4.69, 9.17) is 11.6 Å². The van der Waals surface area contributed by atoms with Gasteiger partial charge in [-0.05, 0) is 37.0 Å². The summed E-state index contributed by atoms with van der Waals surface area (Å²) < 4.78 is 2.17. The van der Waals surface area contributed by atoms with Crippen LogP contribution in [0.3, 0.4) is 0 Å². The van der Waals surface area contributed by atoms with Gasteiger partial charge in [0.2, 0.25) is 0 Å². The van der Waals surface area contributed by atoms with E-state index in [0.29, 0.717) is 12.5 Å². The molecule has 0 aliphatic heterocycles. The number of hydrogen-bond acceptors (Lipinski definition) is 2. The van der Waals surface area contributed by atoms with Gasteiger partial charge >= 0.3 is 0 Å². The molecule has 0 aliphatic carbocycles. The first-order valence-corrected chi connectivity index (χ1v) is 9.23. The largest absolute Gasteiger partial charge is 0.357 e. The molecule has 0 amide bonds. The van der Waals surface area contributed by atoms with E-state index in [1.165, 1.54) is 5.56 Å². The standard InChI is InChI=1S/C19H28ClN5.HI/c1-4-21-19(23-9-8-16-6-5-7-17(20)12-16)24-13-18-22-10-11-25(18)14-15(2)3;/h5-7,10-12,15H,4,8-9,13-14H2,1-3H3,(H2,21,23,24);1H. The van der Waals surface area contributed by atoms with Gasteiger partial charge in [-0.1, -0.05) is 37.6 Å².